The van der Waals surface area contributed by atoms with Crippen LogP contribution in [0.4, 0.5) is 0 Å². The highest BCUT2D eigenvalue weighted by atomic mass is 16.5. The summed E-state index contributed by atoms with van der Waals surface area (Å²) in [7, 11) is 0. The topological polar surface area (TPSA) is 104 Å². The van der Waals surface area contributed by atoms with Crippen molar-refractivity contribution in [1.29, 1.82) is 0 Å². The Balaban J connectivity index is 1.65. The molecule has 21 heavy (non-hydrogen) atoms. The number of hydrogen-bond donors (Lipinski definition) is 2. The maximum absolute atomic E-state index is 12.3. The average Bonchev–Trinajstić information content (AvgIpc) is 2.94. The summed E-state index contributed by atoms with van der Waals surface area (Å²) < 4.78 is 5.73. The molecule has 3 heterocycles. The van der Waals surface area contributed by atoms with Crippen molar-refractivity contribution in [1.82, 2.24) is 24.8 Å². The highest BCUT2D eigenvalue weighted by Gasteiger charge is 2.26. The Hall–Kier alpha value is -2.64. The first-order valence-corrected chi connectivity index (χ1v) is 6.72. The zero-order valence-electron chi connectivity index (χ0n) is 11.3. The summed E-state index contributed by atoms with van der Waals surface area (Å²) in [6.07, 6.45) is 7.64. The lowest BCUT2D eigenvalue weighted by atomic mass is 10.1. The molecule has 0 unspecified atom stereocenters. The lowest BCUT2D eigenvalue weighted by Gasteiger charge is -2.32. The minimum absolute atomic E-state index is 0.120. The van der Waals surface area contributed by atoms with Crippen molar-refractivity contribution in [2.24, 2.45) is 0 Å². The standard InChI is InChI=1S/C13H15N5O3/c19-12(10-6-16-13(20)17-10)18-5-1-2-9(8-18)21-11-7-14-3-4-15-11/h3-4,6-7,9H,1-2,5,8H2,(H2,16,17,20)/t9-/m0/s1. The van der Waals surface area contributed by atoms with Gasteiger partial charge in [-0.05, 0) is 12.8 Å². The van der Waals surface area contributed by atoms with Gasteiger partial charge in [0.25, 0.3) is 5.91 Å². The number of aromatic amines is 2. The molecule has 0 radical (unpaired) electrons. The van der Waals surface area contributed by atoms with Gasteiger partial charge in [0.05, 0.1) is 12.7 Å². The highest BCUT2D eigenvalue weighted by molar-refractivity contribution is 5.92. The minimum Gasteiger partial charge on any atom is -0.471 e. The Morgan fingerprint density at radius 3 is 3.05 bits per heavy atom. The second kappa shape index (κ2) is 5.78. The molecule has 8 heteroatoms. The molecule has 1 amide bonds. The number of aromatic nitrogens is 4. The van der Waals surface area contributed by atoms with Gasteiger partial charge in [0.2, 0.25) is 5.88 Å². The number of imidazole rings is 1. The number of piperidine rings is 1. The first-order valence-electron chi connectivity index (χ1n) is 6.72. The largest absolute Gasteiger partial charge is 0.471 e. The van der Waals surface area contributed by atoms with Crippen molar-refractivity contribution in [2.45, 2.75) is 18.9 Å². The molecular weight excluding hydrogens is 274 g/mol. The minimum atomic E-state index is -0.386. The first kappa shape index (κ1) is 13.3. The van der Waals surface area contributed by atoms with Crippen molar-refractivity contribution >= 4 is 5.91 Å². The zero-order valence-corrected chi connectivity index (χ0v) is 11.3. The van der Waals surface area contributed by atoms with Gasteiger partial charge in [0, 0.05) is 25.1 Å². The van der Waals surface area contributed by atoms with Gasteiger partial charge in [-0.25, -0.2) is 9.78 Å². The molecule has 1 saturated heterocycles. The average molecular weight is 289 g/mol. The molecule has 2 N–H and O–H groups in total. The van der Waals surface area contributed by atoms with Crippen molar-refractivity contribution in [2.75, 3.05) is 13.1 Å². The Labute approximate surface area is 120 Å². The van der Waals surface area contributed by atoms with Crippen LogP contribution in [0.15, 0.2) is 29.6 Å². The lowest BCUT2D eigenvalue weighted by molar-refractivity contribution is 0.0522. The fourth-order valence-electron chi connectivity index (χ4n) is 2.35. The van der Waals surface area contributed by atoms with Crippen molar-refractivity contribution in [3.05, 3.63) is 41.0 Å². The number of rotatable bonds is 3. The first-order chi connectivity index (χ1) is 10.2. The molecule has 2 aromatic rings. The molecule has 1 atom stereocenters. The lowest BCUT2D eigenvalue weighted by Crippen LogP contribution is -2.44. The number of likely N-dealkylation sites (tertiary alicyclic amines) is 1. The molecule has 0 saturated carbocycles. The number of nitrogens with one attached hydrogen (secondary N) is 2. The number of ether oxygens (including phenoxy) is 1. The predicted molar refractivity (Wildman–Crippen MR) is 73.0 cm³/mol. The monoisotopic (exact) mass is 289 g/mol. The SMILES string of the molecule is O=C(c1c[nH]c(=O)[nH]1)N1CCC[C@H](Oc2cnccn2)C1. The smallest absolute Gasteiger partial charge is 0.323 e. The van der Waals surface area contributed by atoms with Gasteiger partial charge in [-0.15, -0.1) is 0 Å². The van der Waals surface area contributed by atoms with E-state index >= 15 is 0 Å². The number of nitrogens with zero attached hydrogens (tertiary/aromatic N) is 3. The molecule has 0 bridgehead atoms. The number of carbonyl (C=O) groups excluding carboxylic acids is 1. The molecule has 0 aromatic carbocycles. The van der Waals surface area contributed by atoms with Gasteiger partial charge < -0.3 is 19.6 Å². The molecule has 0 aliphatic carbocycles. The van der Waals surface area contributed by atoms with E-state index in [1.165, 1.54) is 6.20 Å². The molecule has 3 rings (SSSR count). The second-order valence-corrected chi connectivity index (χ2v) is 4.83. The van der Waals surface area contributed by atoms with Crippen molar-refractivity contribution < 1.29 is 9.53 Å². The summed E-state index contributed by atoms with van der Waals surface area (Å²) in [4.78, 5) is 37.9. The number of H-pyrrole nitrogens is 2. The van der Waals surface area contributed by atoms with Crippen LogP contribution < -0.4 is 10.4 Å². The van der Waals surface area contributed by atoms with Gasteiger partial charge in [-0.2, -0.15) is 0 Å². The highest BCUT2D eigenvalue weighted by Crippen LogP contribution is 2.17. The van der Waals surface area contributed by atoms with E-state index in [9.17, 15) is 9.59 Å². The molecule has 2 aromatic heterocycles. The summed E-state index contributed by atoms with van der Waals surface area (Å²) in [5, 5.41) is 0. The van der Waals surface area contributed by atoms with Crippen LogP contribution in [0.25, 0.3) is 0 Å². The molecule has 1 aliphatic rings. The fraction of sp³-hybridized carbons (Fsp3) is 0.385. The number of carbonyl (C=O) groups is 1. The fourth-order valence-corrected chi connectivity index (χ4v) is 2.35. The van der Waals surface area contributed by atoms with Crippen LogP contribution in [-0.2, 0) is 0 Å². The maximum atomic E-state index is 12.3. The molecule has 0 spiro atoms. The van der Waals surface area contributed by atoms with E-state index in [1.54, 1.807) is 23.5 Å². The summed E-state index contributed by atoms with van der Waals surface area (Å²) in [6.45, 7) is 1.11. The second-order valence-electron chi connectivity index (χ2n) is 4.83. The van der Waals surface area contributed by atoms with E-state index in [0.717, 1.165) is 12.8 Å². The van der Waals surface area contributed by atoms with Crippen molar-refractivity contribution in [3.63, 3.8) is 0 Å². The number of amides is 1. The number of hydrogen-bond acceptors (Lipinski definition) is 5. The van der Waals surface area contributed by atoms with Crippen LogP contribution in [0, 0.1) is 0 Å². The van der Waals surface area contributed by atoms with E-state index in [2.05, 4.69) is 19.9 Å². The molecular formula is C13H15N5O3. The third-order valence-electron chi connectivity index (χ3n) is 3.32. The Morgan fingerprint density at radius 2 is 2.33 bits per heavy atom. The normalized spacial score (nSPS) is 18.5. The van der Waals surface area contributed by atoms with Crippen molar-refractivity contribution in [3.8, 4) is 5.88 Å². The Kier molecular flexibility index (Phi) is 3.67. The van der Waals surface area contributed by atoms with E-state index < -0.39 is 0 Å². The Morgan fingerprint density at radius 1 is 1.43 bits per heavy atom. The zero-order chi connectivity index (χ0) is 14.7. The Bertz CT molecular complexity index is 666. The molecule has 8 nitrogen and oxygen atoms in total. The van der Waals surface area contributed by atoms with Gasteiger partial charge in [-0.3, -0.25) is 9.78 Å². The van der Waals surface area contributed by atoms with E-state index in [-0.39, 0.29) is 23.4 Å². The predicted octanol–water partition coefficient (Wildman–Crippen LogP) is 0.177. The molecule has 110 valence electrons. The summed E-state index contributed by atoms with van der Waals surface area (Å²) in [6, 6.07) is 0. The van der Waals surface area contributed by atoms with Crippen LogP contribution in [0.1, 0.15) is 23.3 Å². The van der Waals surface area contributed by atoms with Gasteiger partial charge in [-0.1, -0.05) is 0 Å². The summed E-state index contributed by atoms with van der Waals surface area (Å²) >= 11 is 0. The molecule has 1 fully saturated rings. The quantitative estimate of drug-likeness (QED) is 0.838. The van der Waals surface area contributed by atoms with Crippen LogP contribution >= 0.6 is 0 Å². The van der Waals surface area contributed by atoms with Crippen LogP contribution in [0.5, 0.6) is 5.88 Å². The van der Waals surface area contributed by atoms with Crippen LogP contribution in [-0.4, -0.2) is 49.9 Å². The summed E-state index contributed by atoms with van der Waals surface area (Å²) in [5.74, 6) is 0.243. The third kappa shape index (κ3) is 3.10. The van der Waals surface area contributed by atoms with E-state index in [4.69, 9.17) is 4.74 Å². The van der Waals surface area contributed by atoms with E-state index in [0.29, 0.717) is 19.0 Å². The third-order valence-corrected chi connectivity index (χ3v) is 3.32. The van der Waals surface area contributed by atoms with Gasteiger partial charge in [0.15, 0.2) is 0 Å². The van der Waals surface area contributed by atoms with Crippen LogP contribution in [0.3, 0.4) is 0 Å². The van der Waals surface area contributed by atoms with E-state index in [1.807, 2.05) is 0 Å². The van der Waals surface area contributed by atoms with Crippen LogP contribution in [0.2, 0.25) is 0 Å². The van der Waals surface area contributed by atoms with Gasteiger partial charge >= 0.3 is 5.69 Å². The van der Waals surface area contributed by atoms with Gasteiger partial charge in [0.1, 0.15) is 11.8 Å². The maximum Gasteiger partial charge on any atom is 0.323 e. The summed E-state index contributed by atoms with van der Waals surface area (Å²) in [5.41, 5.74) is -0.122. The molecule has 1 aliphatic heterocycles.